The van der Waals surface area contributed by atoms with E-state index >= 15 is 0 Å². The number of benzene rings is 9. The molecule has 0 bridgehead atoms. The Balaban J connectivity index is 1.03. The second-order valence-electron chi connectivity index (χ2n) is 16.4. The van der Waals surface area contributed by atoms with Crippen LogP contribution < -0.4 is 4.90 Å². The van der Waals surface area contributed by atoms with Gasteiger partial charge >= 0.3 is 0 Å². The van der Waals surface area contributed by atoms with Crippen molar-refractivity contribution in [1.82, 2.24) is 4.57 Å². The maximum Gasteiger partial charge on any atom is 0.0634 e. The fourth-order valence-electron chi connectivity index (χ4n) is 9.67. The van der Waals surface area contributed by atoms with Crippen LogP contribution in [-0.4, -0.2) is 4.57 Å². The van der Waals surface area contributed by atoms with Gasteiger partial charge in [0.1, 0.15) is 0 Å². The highest BCUT2D eigenvalue weighted by molar-refractivity contribution is 7.26. The molecule has 308 valence electrons. The smallest absolute Gasteiger partial charge is 0.0634 e. The molecule has 0 saturated heterocycles. The van der Waals surface area contributed by atoms with Crippen molar-refractivity contribution in [3.63, 3.8) is 0 Å². The van der Waals surface area contributed by atoms with Gasteiger partial charge in [0.15, 0.2) is 0 Å². The van der Waals surface area contributed by atoms with Gasteiger partial charge in [0.25, 0.3) is 0 Å². The van der Waals surface area contributed by atoms with Crippen molar-refractivity contribution >= 4 is 104 Å². The first-order valence-corrected chi connectivity index (χ1v) is 23.7. The minimum Gasteiger partial charge on any atom is -0.310 e. The summed E-state index contributed by atoms with van der Waals surface area (Å²) in [6, 6.07) is 75.5. The molecule has 3 aromatic heterocycles. The van der Waals surface area contributed by atoms with Crippen LogP contribution in [0.15, 0.2) is 219 Å². The number of hydrogen-bond acceptors (Lipinski definition) is 3. The molecule has 0 radical (unpaired) electrons. The third-order valence-corrected chi connectivity index (χ3v) is 15.1. The predicted octanol–water partition coefficient (Wildman–Crippen LogP) is 18.5. The van der Waals surface area contributed by atoms with Crippen molar-refractivity contribution in [3.8, 4) is 39.1 Å². The largest absolute Gasteiger partial charge is 0.310 e. The monoisotopic (exact) mass is 866 g/mol. The molecule has 4 heteroatoms. The SMILES string of the molecule is C=Cc1c(/C=C\C)sc2ccc(N(c3ccc(-c4ccccc4)cc3)c3ccc(-c4cc5c6ccccc6n(-c6ccc(-c7ccccc7)cc6)c5c5c4sc4ccccc45)cc3)cc12. The fraction of sp³-hybridized carbons (Fsp3) is 0.0164. The zero-order chi connectivity index (χ0) is 43.4. The molecule has 12 aromatic rings. The summed E-state index contributed by atoms with van der Waals surface area (Å²) in [7, 11) is 0. The van der Waals surface area contributed by atoms with Gasteiger partial charge in [-0.15, -0.1) is 22.7 Å². The summed E-state index contributed by atoms with van der Waals surface area (Å²) in [5.41, 5.74) is 15.3. The highest BCUT2D eigenvalue weighted by Crippen LogP contribution is 2.48. The number of hydrogen-bond donors (Lipinski definition) is 0. The Morgan fingerprint density at radius 2 is 1.03 bits per heavy atom. The van der Waals surface area contributed by atoms with Crippen LogP contribution >= 0.6 is 22.7 Å². The lowest BCUT2D eigenvalue weighted by molar-refractivity contribution is 1.19. The lowest BCUT2D eigenvalue weighted by Crippen LogP contribution is -2.09. The van der Waals surface area contributed by atoms with Crippen LogP contribution in [0.4, 0.5) is 17.1 Å². The average molecular weight is 867 g/mol. The van der Waals surface area contributed by atoms with Crippen LogP contribution in [0.5, 0.6) is 0 Å². The molecule has 0 fully saturated rings. The van der Waals surface area contributed by atoms with Crippen molar-refractivity contribution in [2.24, 2.45) is 0 Å². The Kier molecular flexibility index (Phi) is 9.63. The Morgan fingerprint density at radius 1 is 0.477 bits per heavy atom. The minimum absolute atomic E-state index is 1.09. The van der Waals surface area contributed by atoms with Crippen molar-refractivity contribution in [3.05, 3.63) is 229 Å². The Bertz CT molecular complexity index is 3760. The van der Waals surface area contributed by atoms with E-state index in [2.05, 4.69) is 241 Å². The third-order valence-electron chi connectivity index (χ3n) is 12.7. The van der Waals surface area contributed by atoms with E-state index in [0.29, 0.717) is 0 Å². The number of allylic oxidation sites excluding steroid dienone is 1. The zero-order valence-corrected chi connectivity index (χ0v) is 37.4. The summed E-state index contributed by atoms with van der Waals surface area (Å²) in [5.74, 6) is 0. The van der Waals surface area contributed by atoms with Crippen LogP contribution in [0.25, 0.3) is 103 Å². The van der Waals surface area contributed by atoms with Crippen LogP contribution in [0.3, 0.4) is 0 Å². The summed E-state index contributed by atoms with van der Waals surface area (Å²) < 4.78 is 6.31. The van der Waals surface area contributed by atoms with Gasteiger partial charge in [-0.25, -0.2) is 0 Å². The quantitative estimate of drug-likeness (QED) is 0.140. The van der Waals surface area contributed by atoms with E-state index in [1.807, 2.05) is 28.7 Å². The van der Waals surface area contributed by atoms with Gasteiger partial charge in [0.05, 0.1) is 11.0 Å². The lowest BCUT2D eigenvalue weighted by atomic mass is 9.98. The van der Waals surface area contributed by atoms with E-state index in [-0.39, 0.29) is 0 Å². The zero-order valence-electron chi connectivity index (χ0n) is 35.8. The van der Waals surface area contributed by atoms with E-state index in [1.165, 1.54) is 95.9 Å². The molecule has 0 spiro atoms. The minimum atomic E-state index is 1.09. The summed E-state index contributed by atoms with van der Waals surface area (Å²) in [6.45, 7) is 6.29. The number of anilines is 3. The molecule has 0 N–H and O–H groups in total. The van der Waals surface area contributed by atoms with Crippen LogP contribution in [0, 0.1) is 0 Å². The molecular formula is C61H42N2S2. The molecule has 0 atom stereocenters. The van der Waals surface area contributed by atoms with Gasteiger partial charge in [-0.3, -0.25) is 0 Å². The first kappa shape index (κ1) is 38.9. The van der Waals surface area contributed by atoms with Gasteiger partial charge in [-0.2, -0.15) is 0 Å². The molecule has 0 aliphatic rings. The van der Waals surface area contributed by atoms with E-state index in [0.717, 1.165) is 22.7 Å². The van der Waals surface area contributed by atoms with Gasteiger partial charge in [0.2, 0.25) is 0 Å². The van der Waals surface area contributed by atoms with E-state index in [4.69, 9.17) is 0 Å². The molecular weight excluding hydrogens is 825 g/mol. The number of rotatable bonds is 9. The van der Waals surface area contributed by atoms with E-state index < -0.39 is 0 Å². The molecule has 65 heavy (non-hydrogen) atoms. The highest BCUT2D eigenvalue weighted by atomic mass is 32.1. The van der Waals surface area contributed by atoms with Gasteiger partial charge < -0.3 is 9.47 Å². The van der Waals surface area contributed by atoms with Crippen molar-refractivity contribution in [2.45, 2.75) is 6.92 Å². The Labute approximate surface area is 386 Å². The van der Waals surface area contributed by atoms with Gasteiger partial charge in [-0.05, 0) is 119 Å². The first-order chi connectivity index (χ1) is 32.1. The highest BCUT2D eigenvalue weighted by Gasteiger charge is 2.22. The fourth-order valence-corrected chi connectivity index (χ4v) is 12.1. The number of fused-ring (bicyclic) bond motifs is 8. The molecule has 3 heterocycles. The van der Waals surface area contributed by atoms with E-state index in [9.17, 15) is 0 Å². The second kappa shape index (κ2) is 16.1. The van der Waals surface area contributed by atoms with Gasteiger partial charge in [0, 0.05) is 74.2 Å². The molecule has 9 aromatic carbocycles. The molecule has 0 saturated carbocycles. The number of para-hydroxylation sites is 1. The predicted molar refractivity (Wildman–Crippen MR) is 285 cm³/mol. The molecule has 0 aliphatic carbocycles. The van der Waals surface area contributed by atoms with Crippen molar-refractivity contribution in [1.29, 1.82) is 0 Å². The number of aromatic nitrogens is 1. The summed E-state index contributed by atoms with van der Waals surface area (Å²) >= 11 is 3.70. The molecule has 0 aliphatic heterocycles. The Morgan fingerprint density at radius 3 is 1.69 bits per heavy atom. The Hall–Kier alpha value is -7.76. The molecule has 12 rings (SSSR count). The molecule has 0 unspecified atom stereocenters. The summed E-state index contributed by atoms with van der Waals surface area (Å²) in [5, 5.41) is 6.29. The second-order valence-corrected chi connectivity index (χ2v) is 18.6. The summed E-state index contributed by atoms with van der Waals surface area (Å²) in [4.78, 5) is 3.61. The topological polar surface area (TPSA) is 8.17 Å². The standard InChI is InChI=1S/C61H42N2S2/c1-3-15-56-49(4-2)53-38-48(36-37-58(53)64-56)62(45-30-24-42(25-31-45)40-16-7-5-8-17-40)46-34-28-44(29-35-46)52-39-54-50-20-11-13-22-55(50)63(47-32-26-43(27-33-47)41-18-9-6-10-19-41)60(54)59-51-21-12-14-23-57(51)65-61(52)59/h3-39H,2H2,1H3/b15-3-. The number of thiophene rings is 2. The van der Waals surface area contributed by atoms with E-state index in [1.54, 1.807) is 0 Å². The lowest BCUT2D eigenvalue weighted by Gasteiger charge is -2.26. The van der Waals surface area contributed by atoms with Crippen LogP contribution in [-0.2, 0) is 0 Å². The summed E-state index contributed by atoms with van der Waals surface area (Å²) in [6.07, 6.45) is 6.29. The van der Waals surface area contributed by atoms with Crippen LogP contribution in [0.2, 0.25) is 0 Å². The van der Waals surface area contributed by atoms with Gasteiger partial charge in [-0.1, -0.05) is 152 Å². The maximum atomic E-state index is 4.22. The number of nitrogens with zero attached hydrogens (tertiary/aromatic N) is 2. The van der Waals surface area contributed by atoms with Crippen molar-refractivity contribution < 1.29 is 0 Å². The molecule has 0 amide bonds. The molecule has 2 nitrogen and oxygen atoms in total. The average Bonchev–Trinajstić information content (AvgIpc) is 4.04. The van der Waals surface area contributed by atoms with Crippen LogP contribution in [0.1, 0.15) is 17.4 Å². The third kappa shape index (κ3) is 6.61. The first-order valence-electron chi connectivity index (χ1n) is 22.1. The van der Waals surface area contributed by atoms with Crippen molar-refractivity contribution in [2.75, 3.05) is 4.90 Å². The normalized spacial score (nSPS) is 11.8. The maximum absolute atomic E-state index is 4.22.